The zero-order chi connectivity index (χ0) is 24.9. The number of primary amides is 1. The van der Waals surface area contributed by atoms with Crippen LogP contribution >= 0.6 is 0 Å². The predicted molar refractivity (Wildman–Crippen MR) is 131 cm³/mol. The Labute approximate surface area is 205 Å². The average Bonchev–Trinajstić information content (AvgIpc) is 3.32. The van der Waals surface area contributed by atoms with E-state index in [1.807, 2.05) is 18.0 Å². The van der Waals surface area contributed by atoms with E-state index in [-0.39, 0.29) is 11.9 Å². The number of likely N-dealkylation sites (tertiary alicyclic amines) is 1. The van der Waals surface area contributed by atoms with Crippen molar-refractivity contribution in [3.8, 4) is 11.6 Å². The number of carbonyl (C=O) groups excluding carboxylic acids is 2. The lowest BCUT2D eigenvalue weighted by Crippen LogP contribution is -2.39. The molecule has 9 nitrogen and oxygen atoms in total. The summed E-state index contributed by atoms with van der Waals surface area (Å²) in [6.45, 7) is 7.37. The molecule has 2 aromatic heterocycles. The van der Waals surface area contributed by atoms with Crippen molar-refractivity contribution in [1.82, 2.24) is 24.4 Å². The van der Waals surface area contributed by atoms with Crippen molar-refractivity contribution < 1.29 is 14.3 Å². The first kappa shape index (κ1) is 24.4. The van der Waals surface area contributed by atoms with Crippen LogP contribution in [0, 0.1) is 6.92 Å². The summed E-state index contributed by atoms with van der Waals surface area (Å²) in [7, 11) is 0. The van der Waals surface area contributed by atoms with Gasteiger partial charge < -0.3 is 19.9 Å². The van der Waals surface area contributed by atoms with Crippen molar-refractivity contribution in [2.75, 3.05) is 6.54 Å². The first-order chi connectivity index (χ1) is 16.8. The summed E-state index contributed by atoms with van der Waals surface area (Å²) in [4.78, 5) is 40.2. The molecule has 1 unspecified atom stereocenters. The second kappa shape index (κ2) is 10.7. The van der Waals surface area contributed by atoms with Gasteiger partial charge in [-0.05, 0) is 50.5 Å². The topological polar surface area (TPSA) is 116 Å². The highest BCUT2D eigenvalue weighted by atomic mass is 16.5. The molecule has 1 aliphatic heterocycles. The Balaban J connectivity index is 1.49. The molecule has 0 spiro atoms. The van der Waals surface area contributed by atoms with Crippen molar-refractivity contribution in [3.05, 3.63) is 65.6 Å². The van der Waals surface area contributed by atoms with E-state index in [2.05, 4.69) is 33.4 Å². The number of carbonyl (C=O) groups is 2. The van der Waals surface area contributed by atoms with Crippen molar-refractivity contribution in [2.24, 2.45) is 5.73 Å². The molecule has 2 N–H and O–H groups in total. The molecule has 35 heavy (non-hydrogen) atoms. The maximum absolute atomic E-state index is 13.3. The second-order valence-electron chi connectivity index (χ2n) is 9.18. The van der Waals surface area contributed by atoms with Crippen LogP contribution in [0.5, 0.6) is 11.6 Å². The Kier molecular flexibility index (Phi) is 7.43. The zero-order valence-corrected chi connectivity index (χ0v) is 20.5. The minimum Gasteiger partial charge on any atom is -0.439 e. The van der Waals surface area contributed by atoms with Crippen LogP contribution in [0.1, 0.15) is 79.2 Å². The first-order valence-corrected chi connectivity index (χ1v) is 12.1. The molecule has 4 rings (SSSR count). The number of benzene rings is 1. The Morgan fingerprint density at radius 2 is 1.94 bits per heavy atom. The van der Waals surface area contributed by atoms with Crippen molar-refractivity contribution in [2.45, 2.75) is 65.0 Å². The van der Waals surface area contributed by atoms with Crippen LogP contribution in [-0.2, 0) is 11.3 Å². The predicted octanol–water partition coefficient (Wildman–Crippen LogP) is 4.14. The SMILES string of the molecule is Cc1cc(Oc2ccc(C(N)=O)cc2)nc(C2CCCCN2C(=O)CCn2ccnc2C(C)C)n1. The van der Waals surface area contributed by atoms with E-state index in [4.69, 9.17) is 10.5 Å². The lowest BCUT2D eigenvalue weighted by atomic mass is 10.0. The quantitative estimate of drug-likeness (QED) is 0.522. The molecule has 3 aromatic rings. The molecule has 1 aliphatic rings. The Morgan fingerprint density at radius 3 is 2.66 bits per heavy atom. The summed E-state index contributed by atoms with van der Waals surface area (Å²) in [5.74, 6) is 2.41. The maximum Gasteiger partial charge on any atom is 0.248 e. The van der Waals surface area contributed by atoms with Gasteiger partial charge in [-0.1, -0.05) is 13.8 Å². The van der Waals surface area contributed by atoms with Crippen LogP contribution < -0.4 is 10.5 Å². The molecule has 0 bridgehead atoms. The lowest BCUT2D eigenvalue weighted by Gasteiger charge is -2.35. The highest BCUT2D eigenvalue weighted by Gasteiger charge is 2.30. The monoisotopic (exact) mass is 476 g/mol. The summed E-state index contributed by atoms with van der Waals surface area (Å²) >= 11 is 0. The summed E-state index contributed by atoms with van der Waals surface area (Å²) in [5, 5.41) is 0. The van der Waals surface area contributed by atoms with Crippen molar-refractivity contribution in [1.29, 1.82) is 0 Å². The molecular weight excluding hydrogens is 444 g/mol. The number of aromatic nitrogens is 4. The molecule has 0 aliphatic carbocycles. The minimum atomic E-state index is -0.493. The average molecular weight is 477 g/mol. The molecule has 1 saturated heterocycles. The smallest absolute Gasteiger partial charge is 0.248 e. The van der Waals surface area contributed by atoms with Crippen LogP contribution in [0.25, 0.3) is 0 Å². The van der Waals surface area contributed by atoms with Gasteiger partial charge in [0.25, 0.3) is 0 Å². The van der Waals surface area contributed by atoms with Gasteiger partial charge in [-0.25, -0.2) is 9.97 Å². The largest absolute Gasteiger partial charge is 0.439 e. The molecule has 9 heteroatoms. The number of imidazole rings is 1. The van der Waals surface area contributed by atoms with Gasteiger partial charge in [0.1, 0.15) is 11.6 Å². The van der Waals surface area contributed by atoms with Crippen molar-refractivity contribution in [3.63, 3.8) is 0 Å². The minimum absolute atomic E-state index is 0.0905. The fourth-order valence-corrected chi connectivity index (χ4v) is 4.44. The molecule has 1 atom stereocenters. The fourth-order valence-electron chi connectivity index (χ4n) is 4.44. The van der Waals surface area contributed by atoms with E-state index in [1.165, 1.54) is 0 Å². The third-order valence-corrected chi connectivity index (χ3v) is 6.16. The highest BCUT2D eigenvalue weighted by molar-refractivity contribution is 5.92. The molecule has 1 fully saturated rings. The van der Waals surface area contributed by atoms with E-state index in [0.29, 0.717) is 48.4 Å². The number of piperidine rings is 1. The van der Waals surface area contributed by atoms with Crippen molar-refractivity contribution >= 4 is 11.8 Å². The number of nitrogens with two attached hydrogens (primary N) is 1. The van der Waals surface area contributed by atoms with Gasteiger partial charge in [0.05, 0.1) is 6.04 Å². The number of ether oxygens (including phenoxy) is 1. The zero-order valence-electron chi connectivity index (χ0n) is 20.5. The molecule has 3 heterocycles. The standard InChI is InChI=1S/C26H32N6O3/c1-17(2)26-28-12-15-31(26)14-11-23(33)32-13-5-4-6-21(32)25-29-18(3)16-22(30-25)35-20-9-7-19(8-10-20)24(27)34/h7-10,12,15-17,21H,4-6,11,13-14H2,1-3H3,(H2,27,34). The second-order valence-corrected chi connectivity index (χ2v) is 9.18. The Bertz CT molecular complexity index is 1190. The maximum atomic E-state index is 13.3. The van der Waals surface area contributed by atoms with Crippen LogP contribution in [0.15, 0.2) is 42.7 Å². The van der Waals surface area contributed by atoms with E-state index in [0.717, 1.165) is 30.8 Å². The number of amides is 2. The van der Waals surface area contributed by atoms with Gasteiger partial charge in [-0.15, -0.1) is 0 Å². The lowest BCUT2D eigenvalue weighted by molar-refractivity contribution is -0.135. The Morgan fingerprint density at radius 1 is 1.17 bits per heavy atom. The third kappa shape index (κ3) is 5.85. The molecule has 0 radical (unpaired) electrons. The van der Waals surface area contributed by atoms with E-state index < -0.39 is 5.91 Å². The van der Waals surface area contributed by atoms with Gasteiger partial charge in [-0.3, -0.25) is 9.59 Å². The fraction of sp³-hybridized carbons (Fsp3) is 0.423. The summed E-state index contributed by atoms with van der Waals surface area (Å²) in [5.41, 5.74) is 6.48. The summed E-state index contributed by atoms with van der Waals surface area (Å²) < 4.78 is 7.99. The van der Waals surface area contributed by atoms with Gasteiger partial charge in [-0.2, -0.15) is 4.98 Å². The van der Waals surface area contributed by atoms with E-state index in [9.17, 15) is 9.59 Å². The van der Waals surface area contributed by atoms with Gasteiger partial charge in [0.15, 0.2) is 5.82 Å². The van der Waals surface area contributed by atoms with E-state index >= 15 is 0 Å². The number of nitrogens with zero attached hydrogens (tertiary/aromatic N) is 5. The molecular formula is C26H32N6O3. The number of hydrogen-bond acceptors (Lipinski definition) is 6. The first-order valence-electron chi connectivity index (χ1n) is 12.1. The van der Waals surface area contributed by atoms with Crippen LogP contribution in [0.3, 0.4) is 0 Å². The Hall–Kier alpha value is -3.75. The molecule has 184 valence electrons. The molecule has 1 aromatic carbocycles. The van der Waals surface area contributed by atoms with E-state index in [1.54, 1.807) is 36.5 Å². The van der Waals surface area contributed by atoms with Gasteiger partial charge in [0.2, 0.25) is 17.7 Å². The van der Waals surface area contributed by atoms with Crippen LogP contribution in [-0.4, -0.2) is 42.8 Å². The van der Waals surface area contributed by atoms with Crippen LogP contribution in [0.2, 0.25) is 0 Å². The molecule has 2 amide bonds. The normalized spacial score (nSPS) is 15.9. The van der Waals surface area contributed by atoms with Gasteiger partial charge in [0, 0.05) is 55.1 Å². The van der Waals surface area contributed by atoms with Crippen LogP contribution in [0.4, 0.5) is 0 Å². The number of aryl methyl sites for hydroxylation is 2. The molecule has 0 saturated carbocycles. The number of hydrogen-bond donors (Lipinski definition) is 1. The number of rotatable bonds is 8. The summed E-state index contributed by atoms with van der Waals surface area (Å²) in [6, 6.07) is 8.14. The highest BCUT2D eigenvalue weighted by Crippen LogP contribution is 2.31. The van der Waals surface area contributed by atoms with Gasteiger partial charge >= 0.3 is 0 Å². The summed E-state index contributed by atoms with van der Waals surface area (Å²) in [6.07, 6.45) is 6.90. The third-order valence-electron chi connectivity index (χ3n) is 6.16.